The van der Waals surface area contributed by atoms with Gasteiger partial charge in [-0.05, 0) is 139 Å². The zero-order valence-corrected chi connectivity index (χ0v) is 39.6. The van der Waals surface area contributed by atoms with E-state index in [-0.39, 0.29) is 10.8 Å². The van der Waals surface area contributed by atoms with Crippen LogP contribution in [0, 0.1) is 0 Å². The molecule has 0 saturated heterocycles. The molecule has 0 aliphatic heterocycles. The minimum Gasteiger partial charge on any atom is -0.456 e. The predicted octanol–water partition coefficient (Wildman–Crippen LogP) is 18.3. The van der Waals surface area contributed by atoms with Crippen LogP contribution in [0.3, 0.4) is 0 Å². The first-order valence-electron chi connectivity index (χ1n) is 24.5. The van der Waals surface area contributed by atoms with E-state index in [4.69, 9.17) is 4.42 Å². The molecule has 0 spiro atoms. The zero-order chi connectivity index (χ0) is 46.5. The monoisotopic (exact) mass is 887 g/mol. The minimum atomic E-state index is -0.562. The third-order valence-corrected chi connectivity index (χ3v) is 15.8. The summed E-state index contributed by atoms with van der Waals surface area (Å²) in [5, 5.41) is 4.56. The van der Waals surface area contributed by atoms with Crippen molar-refractivity contribution in [3.63, 3.8) is 0 Å². The molecule has 0 saturated carbocycles. The van der Waals surface area contributed by atoms with Crippen LogP contribution in [-0.4, -0.2) is 0 Å². The van der Waals surface area contributed by atoms with Crippen molar-refractivity contribution in [2.75, 3.05) is 4.90 Å². The van der Waals surface area contributed by atoms with Crippen molar-refractivity contribution in [3.8, 4) is 33.4 Å². The number of fused-ring (bicyclic) bond motifs is 8. The molecule has 10 aromatic carbocycles. The fourth-order valence-electron chi connectivity index (χ4n) is 12.1. The summed E-state index contributed by atoms with van der Waals surface area (Å²) in [6.45, 7) is 9.80. The number of rotatable bonds is 7. The Balaban J connectivity index is 1.10. The fraction of sp³-hybridized carbons (Fsp3) is 0.134. The van der Waals surface area contributed by atoms with Crippen molar-refractivity contribution < 1.29 is 4.42 Å². The van der Waals surface area contributed by atoms with Crippen molar-refractivity contribution in [3.05, 3.63) is 258 Å². The lowest BCUT2D eigenvalue weighted by Crippen LogP contribution is -2.35. The highest BCUT2D eigenvalue weighted by molar-refractivity contribution is 6.10. The Kier molecular flexibility index (Phi) is 9.30. The van der Waals surface area contributed by atoms with Gasteiger partial charge in [-0.2, -0.15) is 0 Å². The van der Waals surface area contributed by atoms with Crippen molar-refractivity contribution in [1.82, 2.24) is 0 Å². The molecule has 2 aliphatic carbocycles. The number of benzene rings is 10. The molecule has 1 aromatic heterocycles. The Labute approximate surface area is 405 Å². The Morgan fingerprint density at radius 3 is 1.61 bits per heavy atom. The van der Waals surface area contributed by atoms with Crippen LogP contribution in [0.5, 0.6) is 0 Å². The lowest BCUT2D eigenvalue weighted by Gasteiger charge is -2.43. The molecular weight excluding hydrogens is 835 g/mol. The highest BCUT2D eigenvalue weighted by Gasteiger charge is 2.49. The first kappa shape index (κ1) is 41.3. The van der Waals surface area contributed by atoms with Crippen LogP contribution in [0.1, 0.15) is 73.9 Å². The highest BCUT2D eigenvalue weighted by Crippen LogP contribution is 2.60. The quantitative estimate of drug-likeness (QED) is 0.159. The van der Waals surface area contributed by atoms with Crippen LogP contribution < -0.4 is 4.90 Å². The van der Waals surface area contributed by atoms with E-state index < -0.39 is 5.41 Å². The van der Waals surface area contributed by atoms with Crippen LogP contribution in [0.25, 0.3) is 66.1 Å². The molecule has 69 heavy (non-hydrogen) atoms. The molecule has 0 N–H and O–H groups in total. The van der Waals surface area contributed by atoms with E-state index in [9.17, 15) is 0 Å². The maximum atomic E-state index is 6.42. The van der Waals surface area contributed by atoms with E-state index in [2.05, 4.69) is 251 Å². The molecule has 0 bridgehead atoms. The van der Waals surface area contributed by atoms with Gasteiger partial charge in [0.05, 0.1) is 11.1 Å². The van der Waals surface area contributed by atoms with Crippen molar-refractivity contribution in [1.29, 1.82) is 0 Å². The molecule has 2 aliphatic rings. The smallest absolute Gasteiger partial charge is 0.135 e. The van der Waals surface area contributed by atoms with E-state index in [0.717, 1.165) is 51.0 Å². The van der Waals surface area contributed by atoms with Gasteiger partial charge in [-0.15, -0.1) is 0 Å². The van der Waals surface area contributed by atoms with Gasteiger partial charge in [0.1, 0.15) is 11.2 Å². The van der Waals surface area contributed by atoms with Crippen molar-refractivity contribution in [2.45, 2.75) is 56.8 Å². The topological polar surface area (TPSA) is 16.4 Å². The van der Waals surface area contributed by atoms with Gasteiger partial charge in [0.15, 0.2) is 0 Å². The minimum absolute atomic E-state index is 0.0491. The third-order valence-electron chi connectivity index (χ3n) is 15.8. The molecule has 0 fully saturated rings. The Bertz CT molecular complexity index is 3730. The molecule has 0 atom stereocenters. The number of anilines is 3. The summed E-state index contributed by atoms with van der Waals surface area (Å²) in [7, 11) is 0. The second-order valence-corrected chi connectivity index (χ2v) is 20.7. The molecule has 2 nitrogen and oxygen atoms in total. The van der Waals surface area contributed by atoms with Crippen LogP contribution in [0.15, 0.2) is 229 Å². The average molecular weight is 888 g/mol. The maximum Gasteiger partial charge on any atom is 0.135 e. The first-order chi connectivity index (χ1) is 33.7. The SMILES string of the molecule is CC1(C)CCC(C)(C)c2cc3c(cc21)-c1ccc(-c2ccc4ccccc4c2N(c2ccc(-c4ccccc4)cc2)c2ccc4oc5ccccc5c4c2)cc1C3(c1ccccc1)c1ccccc1. The number of nitrogens with zero attached hydrogens (tertiary/aromatic N) is 1. The lowest BCUT2D eigenvalue weighted by atomic mass is 9.61. The lowest BCUT2D eigenvalue weighted by molar-refractivity contribution is 0.331. The fourth-order valence-corrected chi connectivity index (χ4v) is 12.1. The molecule has 0 unspecified atom stereocenters. The van der Waals surface area contributed by atoms with Gasteiger partial charge < -0.3 is 9.32 Å². The molecule has 0 amide bonds. The molecule has 13 rings (SSSR count). The molecule has 2 heteroatoms. The van der Waals surface area contributed by atoms with Crippen LogP contribution in [0.4, 0.5) is 17.1 Å². The van der Waals surface area contributed by atoms with Crippen molar-refractivity contribution in [2.24, 2.45) is 0 Å². The molecule has 11 aromatic rings. The van der Waals surface area contributed by atoms with Gasteiger partial charge in [0.25, 0.3) is 0 Å². The number of furan rings is 1. The third kappa shape index (κ3) is 6.39. The second kappa shape index (κ2) is 15.6. The molecule has 332 valence electrons. The van der Waals surface area contributed by atoms with Gasteiger partial charge in [-0.3, -0.25) is 0 Å². The second-order valence-electron chi connectivity index (χ2n) is 20.7. The van der Waals surface area contributed by atoms with Gasteiger partial charge in [0, 0.05) is 33.1 Å². The Hall–Kier alpha value is -7.94. The van der Waals surface area contributed by atoms with E-state index in [1.165, 1.54) is 78.4 Å². The normalized spacial score (nSPS) is 15.2. The summed E-state index contributed by atoms with van der Waals surface area (Å²) in [5.74, 6) is 0. The maximum absolute atomic E-state index is 6.42. The molecule has 0 radical (unpaired) electrons. The van der Waals surface area contributed by atoms with E-state index >= 15 is 0 Å². The van der Waals surface area contributed by atoms with E-state index in [1.54, 1.807) is 0 Å². The summed E-state index contributed by atoms with van der Waals surface area (Å²) < 4.78 is 6.42. The van der Waals surface area contributed by atoms with Crippen LogP contribution in [-0.2, 0) is 16.2 Å². The van der Waals surface area contributed by atoms with Gasteiger partial charge in [-0.1, -0.05) is 204 Å². The first-order valence-corrected chi connectivity index (χ1v) is 24.5. The number of para-hydroxylation sites is 1. The van der Waals surface area contributed by atoms with Crippen LogP contribution >= 0.6 is 0 Å². The summed E-state index contributed by atoms with van der Waals surface area (Å²) >= 11 is 0. The molecular formula is C67H53NO. The van der Waals surface area contributed by atoms with Gasteiger partial charge in [-0.25, -0.2) is 0 Å². The zero-order valence-electron chi connectivity index (χ0n) is 39.6. The number of hydrogen-bond acceptors (Lipinski definition) is 2. The summed E-state index contributed by atoms with van der Waals surface area (Å²) in [4.78, 5) is 2.48. The number of hydrogen-bond donors (Lipinski definition) is 0. The Morgan fingerprint density at radius 1 is 0.362 bits per heavy atom. The largest absolute Gasteiger partial charge is 0.456 e. The van der Waals surface area contributed by atoms with Crippen molar-refractivity contribution >= 4 is 49.8 Å². The summed E-state index contributed by atoms with van der Waals surface area (Å²) in [5.41, 5.74) is 20.1. The Morgan fingerprint density at radius 2 is 0.899 bits per heavy atom. The highest BCUT2D eigenvalue weighted by atomic mass is 16.3. The summed E-state index contributed by atoms with van der Waals surface area (Å²) in [6.07, 6.45) is 2.33. The molecule has 1 heterocycles. The van der Waals surface area contributed by atoms with E-state index in [1.807, 2.05) is 6.07 Å². The van der Waals surface area contributed by atoms with Crippen LogP contribution in [0.2, 0.25) is 0 Å². The van der Waals surface area contributed by atoms with Gasteiger partial charge in [0.2, 0.25) is 0 Å². The standard InChI is InChI=1S/C67H53NO/c1-65(2)38-39-66(3,4)61-43-59-56(42-60(61)65)54-36-31-47(40-58(54)67(59,48-21-10-6-11-22-48)49-23-12-7-13-24-49)53-35-30-46-20-14-15-25-52(46)64(53)68(50-32-28-45(29-33-50)44-18-8-5-9-19-44)51-34-37-63-57(41-51)55-26-16-17-27-62(55)69-63/h5-37,40-43H,38-39H2,1-4H3. The predicted molar refractivity (Wildman–Crippen MR) is 289 cm³/mol. The van der Waals surface area contributed by atoms with Gasteiger partial charge >= 0.3 is 0 Å². The summed E-state index contributed by atoms with van der Waals surface area (Å²) in [6, 6.07) is 83.5. The van der Waals surface area contributed by atoms with E-state index in [0.29, 0.717) is 0 Å². The average Bonchev–Trinajstić information content (AvgIpc) is 3.91.